The summed E-state index contributed by atoms with van der Waals surface area (Å²) in [7, 11) is 0. The average Bonchev–Trinajstić information content (AvgIpc) is 2.34. The van der Waals surface area contributed by atoms with Crippen LogP contribution in [0.25, 0.3) is 0 Å². The van der Waals surface area contributed by atoms with Gasteiger partial charge in [-0.05, 0) is 24.5 Å². The van der Waals surface area contributed by atoms with Gasteiger partial charge in [0.15, 0.2) is 0 Å². The maximum absolute atomic E-state index is 11.6. The first-order valence-electron chi connectivity index (χ1n) is 5.57. The van der Waals surface area contributed by atoms with Gasteiger partial charge in [0.05, 0.1) is 4.92 Å². The first-order chi connectivity index (χ1) is 8.50. The van der Waals surface area contributed by atoms with E-state index >= 15 is 0 Å². The lowest BCUT2D eigenvalue weighted by atomic mass is 10.2. The van der Waals surface area contributed by atoms with Crippen molar-refractivity contribution in [2.24, 2.45) is 11.0 Å². The van der Waals surface area contributed by atoms with E-state index in [4.69, 9.17) is 0 Å². The fourth-order valence-corrected chi connectivity index (χ4v) is 1.17. The summed E-state index contributed by atoms with van der Waals surface area (Å²) in [6.45, 7) is 4.09. The molecule has 96 valence electrons. The number of amides is 1. The molecule has 0 bridgehead atoms. The van der Waals surface area contributed by atoms with Crippen molar-refractivity contribution in [3.63, 3.8) is 0 Å². The number of hydrogen-bond donors (Lipinski definition) is 1. The Balaban J connectivity index is 2.57. The van der Waals surface area contributed by atoms with Crippen molar-refractivity contribution in [1.29, 1.82) is 0 Å². The zero-order valence-corrected chi connectivity index (χ0v) is 10.3. The van der Waals surface area contributed by atoms with Crippen LogP contribution in [0.3, 0.4) is 0 Å². The fraction of sp³-hybridized carbons (Fsp3) is 0.333. The van der Waals surface area contributed by atoms with Gasteiger partial charge in [-0.15, -0.1) is 0 Å². The Kier molecular flexibility index (Phi) is 4.98. The quantitative estimate of drug-likeness (QED) is 0.494. The van der Waals surface area contributed by atoms with Crippen LogP contribution in [-0.4, -0.2) is 17.0 Å². The number of hydrogen-bond acceptors (Lipinski definition) is 4. The summed E-state index contributed by atoms with van der Waals surface area (Å²) in [5.74, 6) is 0.0925. The van der Waals surface area contributed by atoms with Crippen molar-refractivity contribution < 1.29 is 9.72 Å². The Morgan fingerprint density at radius 1 is 1.44 bits per heavy atom. The van der Waals surface area contributed by atoms with Gasteiger partial charge in [-0.2, -0.15) is 5.10 Å². The van der Waals surface area contributed by atoms with Crippen LogP contribution in [-0.2, 0) is 0 Å². The number of rotatable bonds is 5. The van der Waals surface area contributed by atoms with Crippen LogP contribution >= 0.6 is 0 Å². The molecule has 0 unspecified atom stereocenters. The normalized spacial score (nSPS) is 10.8. The third-order valence-corrected chi connectivity index (χ3v) is 2.17. The molecule has 0 heterocycles. The Morgan fingerprint density at radius 3 is 2.56 bits per heavy atom. The molecule has 0 radical (unpaired) electrons. The van der Waals surface area contributed by atoms with E-state index in [1.807, 2.05) is 13.8 Å². The molecule has 0 fully saturated rings. The van der Waals surface area contributed by atoms with Crippen LogP contribution in [0.1, 0.15) is 30.6 Å². The monoisotopic (exact) mass is 249 g/mol. The zero-order chi connectivity index (χ0) is 13.5. The summed E-state index contributed by atoms with van der Waals surface area (Å²) in [5.41, 5.74) is 2.65. The van der Waals surface area contributed by atoms with Crippen molar-refractivity contribution in [1.82, 2.24) is 5.43 Å². The van der Waals surface area contributed by atoms with Crippen molar-refractivity contribution in [2.45, 2.75) is 20.3 Å². The highest BCUT2D eigenvalue weighted by Crippen LogP contribution is 2.11. The highest BCUT2D eigenvalue weighted by Gasteiger charge is 2.08. The molecule has 0 aromatic heterocycles. The van der Waals surface area contributed by atoms with Gasteiger partial charge < -0.3 is 0 Å². The van der Waals surface area contributed by atoms with Crippen molar-refractivity contribution in [3.8, 4) is 0 Å². The lowest BCUT2D eigenvalue weighted by Gasteiger charge is -2.00. The standard InChI is InChI=1S/C12H15N3O3/c1-9(2)7-8-13-14-12(16)10-3-5-11(6-4-10)15(17)18/h3-6,8-9H,7H2,1-2H3,(H,14,16)/b13-8-. The molecule has 0 saturated carbocycles. The lowest BCUT2D eigenvalue weighted by molar-refractivity contribution is -0.384. The van der Waals surface area contributed by atoms with Crippen LogP contribution in [0.15, 0.2) is 29.4 Å². The Hall–Kier alpha value is -2.24. The maximum atomic E-state index is 11.6. The Morgan fingerprint density at radius 2 is 2.06 bits per heavy atom. The molecule has 1 aromatic rings. The summed E-state index contributed by atoms with van der Waals surface area (Å²) >= 11 is 0. The van der Waals surface area contributed by atoms with Crippen molar-refractivity contribution in [3.05, 3.63) is 39.9 Å². The molecule has 0 spiro atoms. The predicted molar refractivity (Wildman–Crippen MR) is 68.5 cm³/mol. The number of nitro benzene ring substituents is 1. The molecular formula is C12H15N3O3. The fourth-order valence-electron chi connectivity index (χ4n) is 1.17. The number of non-ortho nitro benzene ring substituents is 1. The van der Waals surface area contributed by atoms with Crippen molar-refractivity contribution in [2.75, 3.05) is 0 Å². The van der Waals surface area contributed by atoms with E-state index < -0.39 is 4.92 Å². The van der Waals surface area contributed by atoms with Gasteiger partial charge in [0.1, 0.15) is 0 Å². The molecular weight excluding hydrogens is 234 g/mol. The van der Waals surface area contributed by atoms with Gasteiger partial charge in [0.25, 0.3) is 11.6 Å². The highest BCUT2D eigenvalue weighted by atomic mass is 16.6. The van der Waals surface area contributed by atoms with Crippen LogP contribution < -0.4 is 5.43 Å². The first kappa shape index (κ1) is 13.8. The molecule has 1 aromatic carbocycles. The minimum absolute atomic E-state index is 0.0464. The summed E-state index contributed by atoms with van der Waals surface area (Å²) in [6, 6.07) is 5.36. The van der Waals surface area contributed by atoms with Crippen LogP contribution in [0.2, 0.25) is 0 Å². The minimum Gasteiger partial charge on any atom is -0.267 e. The van der Waals surface area contributed by atoms with Gasteiger partial charge in [-0.1, -0.05) is 13.8 Å². The second-order valence-electron chi connectivity index (χ2n) is 4.19. The molecule has 1 N–H and O–H groups in total. The SMILES string of the molecule is CC(C)C/C=N\NC(=O)c1ccc([N+](=O)[O-])cc1. The second kappa shape index (κ2) is 6.48. The van der Waals surface area contributed by atoms with E-state index in [-0.39, 0.29) is 11.6 Å². The van der Waals surface area contributed by atoms with E-state index in [0.717, 1.165) is 6.42 Å². The van der Waals surface area contributed by atoms with E-state index in [2.05, 4.69) is 10.5 Å². The van der Waals surface area contributed by atoms with E-state index in [1.165, 1.54) is 24.3 Å². The summed E-state index contributed by atoms with van der Waals surface area (Å²) < 4.78 is 0. The highest BCUT2D eigenvalue weighted by molar-refractivity contribution is 5.94. The largest absolute Gasteiger partial charge is 0.271 e. The van der Waals surface area contributed by atoms with Crippen LogP contribution in [0.5, 0.6) is 0 Å². The molecule has 6 heteroatoms. The third-order valence-electron chi connectivity index (χ3n) is 2.17. The van der Waals surface area contributed by atoms with Gasteiger partial charge in [-0.3, -0.25) is 14.9 Å². The van der Waals surface area contributed by atoms with Gasteiger partial charge in [0, 0.05) is 23.9 Å². The van der Waals surface area contributed by atoms with Gasteiger partial charge in [-0.25, -0.2) is 5.43 Å². The Labute approximate surface area is 105 Å². The summed E-state index contributed by atoms with van der Waals surface area (Å²) in [6.07, 6.45) is 2.41. The number of hydrazone groups is 1. The summed E-state index contributed by atoms with van der Waals surface area (Å²) in [5, 5.41) is 14.2. The van der Waals surface area contributed by atoms with Crippen molar-refractivity contribution >= 4 is 17.8 Å². The number of nitro groups is 1. The lowest BCUT2D eigenvalue weighted by Crippen LogP contribution is -2.17. The smallest absolute Gasteiger partial charge is 0.267 e. The molecule has 1 amide bonds. The van der Waals surface area contributed by atoms with Crippen LogP contribution in [0.4, 0.5) is 5.69 Å². The molecule has 0 aliphatic heterocycles. The van der Waals surface area contributed by atoms with Gasteiger partial charge in [0.2, 0.25) is 0 Å². The number of carbonyl (C=O) groups is 1. The minimum atomic E-state index is -0.511. The topological polar surface area (TPSA) is 84.6 Å². The molecule has 0 saturated heterocycles. The number of nitrogens with zero attached hydrogens (tertiary/aromatic N) is 2. The zero-order valence-electron chi connectivity index (χ0n) is 10.3. The summed E-state index contributed by atoms with van der Waals surface area (Å²) in [4.78, 5) is 21.5. The van der Waals surface area contributed by atoms with E-state index in [1.54, 1.807) is 6.21 Å². The molecule has 0 aliphatic carbocycles. The first-order valence-corrected chi connectivity index (χ1v) is 5.57. The number of benzene rings is 1. The van der Waals surface area contributed by atoms with Crippen LogP contribution in [0, 0.1) is 16.0 Å². The van der Waals surface area contributed by atoms with E-state index in [9.17, 15) is 14.9 Å². The maximum Gasteiger partial charge on any atom is 0.271 e. The third kappa shape index (κ3) is 4.32. The molecule has 0 aliphatic rings. The Bertz CT molecular complexity index is 452. The molecule has 6 nitrogen and oxygen atoms in total. The number of carbonyl (C=O) groups excluding carboxylic acids is 1. The average molecular weight is 249 g/mol. The predicted octanol–water partition coefficient (Wildman–Crippen LogP) is 2.36. The number of nitrogens with one attached hydrogen (secondary N) is 1. The van der Waals surface area contributed by atoms with Gasteiger partial charge >= 0.3 is 0 Å². The second-order valence-corrected chi connectivity index (χ2v) is 4.19. The van der Waals surface area contributed by atoms with E-state index in [0.29, 0.717) is 11.5 Å². The molecule has 0 atom stereocenters. The molecule has 18 heavy (non-hydrogen) atoms. The molecule has 1 rings (SSSR count).